The standard InChI is InChI=1S/C30H36FN3O4S/c1-21(2)18-32-30(36)24(5)33(19-25-10-6-7-12-28(25)31)29(35)20-34(26-11-8-9-23(4)17-26)39(37,38)27-15-13-22(3)14-16-27/h6-17,21,24H,18-20H2,1-5H3,(H,32,36)/t24-/m0/s1. The summed E-state index contributed by atoms with van der Waals surface area (Å²) >= 11 is 0. The minimum Gasteiger partial charge on any atom is -0.354 e. The normalized spacial score (nSPS) is 12.2. The summed E-state index contributed by atoms with van der Waals surface area (Å²) in [4.78, 5) is 28.1. The highest BCUT2D eigenvalue weighted by atomic mass is 32.2. The summed E-state index contributed by atoms with van der Waals surface area (Å²) in [5.74, 6) is -1.37. The van der Waals surface area contributed by atoms with E-state index in [4.69, 9.17) is 0 Å². The minimum absolute atomic E-state index is 0.0331. The number of hydrogen-bond acceptors (Lipinski definition) is 4. The lowest BCUT2D eigenvalue weighted by atomic mass is 10.1. The average Bonchev–Trinajstić information content (AvgIpc) is 2.89. The number of hydrogen-bond donors (Lipinski definition) is 1. The summed E-state index contributed by atoms with van der Waals surface area (Å²) in [6, 6.07) is 18.2. The number of carbonyl (C=O) groups is 2. The molecule has 0 fully saturated rings. The van der Waals surface area contributed by atoms with Crippen LogP contribution < -0.4 is 9.62 Å². The van der Waals surface area contributed by atoms with Crippen molar-refractivity contribution in [3.8, 4) is 0 Å². The SMILES string of the molecule is Cc1ccc(S(=O)(=O)N(CC(=O)N(Cc2ccccc2F)[C@@H](C)C(=O)NCC(C)C)c2cccc(C)c2)cc1. The number of nitrogens with zero attached hydrogens (tertiary/aromatic N) is 2. The molecule has 39 heavy (non-hydrogen) atoms. The van der Waals surface area contributed by atoms with Crippen molar-refractivity contribution < 1.29 is 22.4 Å². The third-order valence-corrected chi connectivity index (χ3v) is 8.12. The Hall–Kier alpha value is -3.72. The van der Waals surface area contributed by atoms with Gasteiger partial charge in [0, 0.05) is 18.7 Å². The maximum absolute atomic E-state index is 14.6. The number of halogens is 1. The molecule has 208 valence electrons. The second kappa shape index (κ2) is 12.9. The molecule has 0 aliphatic carbocycles. The number of nitrogens with one attached hydrogen (secondary N) is 1. The van der Waals surface area contributed by atoms with E-state index in [0.717, 1.165) is 15.4 Å². The molecular weight excluding hydrogens is 517 g/mol. The number of benzene rings is 3. The Bertz CT molecular complexity index is 1410. The third-order valence-electron chi connectivity index (χ3n) is 6.33. The number of amides is 2. The first-order valence-corrected chi connectivity index (χ1v) is 14.3. The number of rotatable bonds is 11. The van der Waals surface area contributed by atoms with Crippen LogP contribution in [-0.2, 0) is 26.2 Å². The van der Waals surface area contributed by atoms with Crippen LogP contribution in [0.25, 0.3) is 0 Å². The van der Waals surface area contributed by atoms with Gasteiger partial charge in [0.05, 0.1) is 10.6 Å². The van der Waals surface area contributed by atoms with E-state index in [-0.39, 0.29) is 22.9 Å². The van der Waals surface area contributed by atoms with Gasteiger partial charge < -0.3 is 10.2 Å². The topological polar surface area (TPSA) is 86.8 Å². The van der Waals surface area contributed by atoms with Crippen molar-refractivity contribution in [2.24, 2.45) is 5.92 Å². The van der Waals surface area contributed by atoms with Crippen molar-refractivity contribution >= 4 is 27.5 Å². The monoisotopic (exact) mass is 553 g/mol. The second-order valence-electron chi connectivity index (χ2n) is 10.1. The van der Waals surface area contributed by atoms with E-state index in [2.05, 4.69) is 5.32 Å². The van der Waals surface area contributed by atoms with Crippen LogP contribution in [-0.4, -0.2) is 44.3 Å². The molecule has 3 aromatic rings. The van der Waals surface area contributed by atoms with Gasteiger partial charge >= 0.3 is 0 Å². The summed E-state index contributed by atoms with van der Waals surface area (Å²) in [6.07, 6.45) is 0. The first kappa shape index (κ1) is 29.8. The number of carbonyl (C=O) groups excluding carboxylic acids is 2. The average molecular weight is 554 g/mol. The molecule has 0 saturated carbocycles. The van der Waals surface area contributed by atoms with Gasteiger partial charge in [-0.05, 0) is 62.6 Å². The first-order valence-electron chi connectivity index (χ1n) is 12.9. The Kier molecular flexibility index (Phi) is 9.86. The van der Waals surface area contributed by atoms with Gasteiger partial charge in [-0.2, -0.15) is 0 Å². The van der Waals surface area contributed by atoms with E-state index in [1.807, 2.05) is 33.8 Å². The highest BCUT2D eigenvalue weighted by Crippen LogP contribution is 2.26. The van der Waals surface area contributed by atoms with Gasteiger partial charge in [-0.3, -0.25) is 13.9 Å². The fourth-order valence-corrected chi connectivity index (χ4v) is 5.40. The zero-order valence-electron chi connectivity index (χ0n) is 23.0. The van der Waals surface area contributed by atoms with Gasteiger partial charge in [-0.25, -0.2) is 12.8 Å². The van der Waals surface area contributed by atoms with E-state index in [1.165, 1.54) is 35.2 Å². The van der Waals surface area contributed by atoms with Crippen molar-refractivity contribution in [2.45, 2.75) is 52.1 Å². The van der Waals surface area contributed by atoms with Crippen LogP contribution in [0.1, 0.15) is 37.5 Å². The van der Waals surface area contributed by atoms with E-state index < -0.39 is 40.2 Å². The zero-order chi connectivity index (χ0) is 28.7. The molecular formula is C30H36FN3O4S. The van der Waals surface area contributed by atoms with Gasteiger partial charge in [0.2, 0.25) is 11.8 Å². The lowest BCUT2D eigenvalue weighted by molar-refractivity contribution is -0.139. The van der Waals surface area contributed by atoms with Crippen molar-refractivity contribution in [1.29, 1.82) is 0 Å². The van der Waals surface area contributed by atoms with Gasteiger partial charge in [-0.15, -0.1) is 0 Å². The summed E-state index contributed by atoms with van der Waals surface area (Å²) in [5, 5.41) is 2.81. The lowest BCUT2D eigenvalue weighted by Gasteiger charge is -2.32. The molecule has 2 amide bonds. The van der Waals surface area contributed by atoms with Crippen LogP contribution >= 0.6 is 0 Å². The molecule has 0 saturated heterocycles. The molecule has 0 spiro atoms. The summed E-state index contributed by atoms with van der Waals surface area (Å²) < 4.78 is 43.3. The van der Waals surface area contributed by atoms with E-state index in [9.17, 15) is 22.4 Å². The first-order chi connectivity index (χ1) is 18.4. The van der Waals surface area contributed by atoms with Crippen LogP contribution in [0, 0.1) is 25.6 Å². The van der Waals surface area contributed by atoms with Crippen LogP contribution in [0.3, 0.4) is 0 Å². The number of aryl methyl sites for hydroxylation is 2. The molecule has 3 aromatic carbocycles. The van der Waals surface area contributed by atoms with Crippen molar-refractivity contribution in [1.82, 2.24) is 10.2 Å². The zero-order valence-corrected chi connectivity index (χ0v) is 23.8. The fourth-order valence-electron chi connectivity index (χ4n) is 3.99. The molecule has 7 nitrogen and oxygen atoms in total. The van der Waals surface area contributed by atoms with Gasteiger partial charge in [0.1, 0.15) is 18.4 Å². The Morgan fingerprint density at radius 3 is 2.18 bits per heavy atom. The highest BCUT2D eigenvalue weighted by molar-refractivity contribution is 7.92. The Balaban J connectivity index is 2.02. The second-order valence-corrected chi connectivity index (χ2v) is 12.0. The van der Waals surface area contributed by atoms with Gasteiger partial charge in [0.25, 0.3) is 10.0 Å². The van der Waals surface area contributed by atoms with E-state index in [1.54, 1.807) is 43.3 Å². The molecule has 9 heteroatoms. The van der Waals surface area contributed by atoms with Crippen LogP contribution in [0.2, 0.25) is 0 Å². The van der Waals surface area contributed by atoms with Gasteiger partial charge in [0.15, 0.2) is 0 Å². The van der Waals surface area contributed by atoms with E-state index in [0.29, 0.717) is 12.2 Å². The van der Waals surface area contributed by atoms with Crippen LogP contribution in [0.4, 0.5) is 10.1 Å². The maximum atomic E-state index is 14.6. The fraction of sp³-hybridized carbons (Fsp3) is 0.333. The largest absolute Gasteiger partial charge is 0.354 e. The molecule has 0 aromatic heterocycles. The summed E-state index contributed by atoms with van der Waals surface area (Å²) in [7, 11) is -4.15. The summed E-state index contributed by atoms with van der Waals surface area (Å²) in [5.41, 5.74) is 2.24. The molecule has 0 heterocycles. The number of sulfonamides is 1. The van der Waals surface area contributed by atoms with Crippen LogP contribution in [0.5, 0.6) is 0 Å². The summed E-state index contributed by atoms with van der Waals surface area (Å²) in [6.45, 7) is 8.76. The molecule has 0 bridgehead atoms. The van der Waals surface area contributed by atoms with Gasteiger partial charge in [-0.1, -0.05) is 61.9 Å². The number of anilines is 1. The Labute approximate surface area is 230 Å². The smallest absolute Gasteiger partial charge is 0.264 e. The molecule has 0 aliphatic rings. The Morgan fingerprint density at radius 2 is 1.56 bits per heavy atom. The molecule has 1 atom stereocenters. The maximum Gasteiger partial charge on any atom is 0.264 e. The van der Waals surface area contributed by atoms with Crippen LogP contribution in [0.15, 0.2) is 77.7 Å². The lowest BCUT2D eigenvalue weighted by Crippen LogP contribution is -2.51. The molecule has 3 rings (SSSR count). The molecule has 0 radical (unpaired) electrons. The molecule has 1 N–H and O–H groups in total. The van der Waals surface area contributed by atoms with E-state index >= 15 is 0 Å². The highest BCUT2D eigenvalue weighted by Gasteiger charge is 2.33. The predicted octanol–water partition coefficient (Wildman–Crippen LogP) is 4.83. The molecule has 0 aliphatic heterocycles. The quantitative estimate of drug-likeness (QED) is 0.369. The van der Waals surface area contributed by atoms with Crippen molar-refractivity contribution in [2.75, 3.05) is 17.4 Å². The van der Waals surface area contributed by atoms with Crippen molar-refractivity contribution in [3.63, 3.8) is 0 Å². The minimum atomic E-state index is -4.15. The Morgan fingerprint density at radius 1 is 0.897 bits per heavy atom. The molecule has 0 unspecified atom stereocenters. The predicted molar refractivity (Wildman–Crippen MR) is 151 cm³/mol. The third kappa shape index (κ3) is 7.66. The van der Waals surface area contributed by atoms with Crippen molar-refractivity contribution in [3.05, 3.63) is 95.3 Å².